The van der Waals surface area contributed by atoms with E-state index in [0.29, 0.717) is 0 Å². The third kappa shape index (κ3) is 4.12. The van der Waals surface area contributed by atoms with E-state index in [9.17, 15) is 4.79 Å². The van der Waals surface area contributed by atoms with Gasteiger partial charge in [-0.05, 0) is 49.6 Å². The van der Waals surface area contributed by atoms with Crippen LogP contribution in [-0.4, -0.2) is 29.8 Å². The Balaban J connectivity index is 1.71. The molecular formula is C20H24N2OS. The van der Waals surface area contributed by atoms with Gasteiger partial charge in [-0.25, -0.2) is 4.79 Å². The van der Waals surface area contributed by atoms with Gasteiger partial charge >= 0.3 is 6.03 Å². The van der Waals surface area contributed by atoms with E-state index < -0.39 is 0 Å². The first-order valence-corrected chi connectivity index (χ1v) is 9.75. The number of carbonyl (C=O) groups excluding carboxylic acids is 1. The van der Waals surface area contributed by atoms with Crippen LogP contribution < -0.4 is 5.32 Å². The van der Waals surface area contributed by atoms with Crippen LogP contribution >= 0.6 is 11.8 Å². The van der Waals surface area contributed by atoms with Crippen LogP contribution in [0.1, 0.15) is 24.8 Å². The number of amides is 2. The van der Waals surface area contributed by atoms with Gasteiger partial charge in [0.2, 0.25) is 0 Å². The molecule has 0 spiro atoms. The summed E-state index contributed by atoms with van der Waals surface area (Å²) in [6, 6.07) is 18.7. The molecule has 2 aromatic rings. The lowest BCUT2D eigenvalue weighted by atomic mass is 9.96. The highest BCUT2D eigenvalue weighted by Crippen LogP contribution is 2.26. The number of rotatable bonds is 4. The second kappa shape index (κ2) is 8.25. The molecule has 1 aliphatic rings. The van der Waals surface area contributed by atoms with Crippen molar-refractivity contribution in [2.45, 2.75) is 36.6 Å². The zero-order valence-corrected chi connectivity index (χ0v) is 14.9. The summed E-state index contributed by atoms with van der Waals surface area (Å²) in [4.78, 5) is 16.0. The normalized spacial score (nSPS) is 17.5. The topological polar surface area (TPSA) is 32.3 Å². The largest absolute Gasteiger partial charge is 0.322 e. The minimum Gasteiger partial charge on any atom is -0.321 e. The first-order valence-electron chi connectivity index (χ1n) is 8.52. The van der Waals surface area contributed by atoms with Crippen molar-refractivity contribution >= 4 is 23.5 Å². The zero-order chi connectivity index (χ0) is 16.8. The zero-order valence-electron chi connectivity index (χ0n) is 14.1. The molecule has 3 rings (SSSR count). The van der Waals surface area contributed by atoms with Crippen LogP contribution in [0.15, 0.2) is 59.5 Å². The van der Waals surface area contributed by atoms with Gasteiger partial charge in [-0.2, -0.15) is 0 Å². The molecule has 24 heavy (non-hydrogen) atoms. The quantitative estimate of drug-likeness (QED) is 0.791. The molecule has 1 saturated heterocycles. The number of nitrogens with zero attached hydrogens (tertiary/aromatic N) is 1. The van der Waals surface area contributed by atoms with Crippen molar-refractivity contribution in [1.82, 2.24) is 4.90 Å². The van der Waals surface area contributed by atoms with Gasteiger partial charge < -0.3 is 10.2 Å². The van der Waals surface area contributed by atoms with Crippen molar-refractivity contribution in [2.75, 3.05) is 18.1 Å². The lowest BCUT2D eigenvalue weighted by Crippen LogP contribution is -2.47. The molecule has 0 aliphatic carbocycles. The van der Waals surface area contributed by atoms with Gasteiger partial charge in [-0.3, -0.25) is 0 Å². The Morgan fingerprint density at radius 3 is 2.67 bits per heavy atom. The number of anilines is 1. The maximum Gasteiger partial charge on any atom is 0.322 e. The fourth-order valence-corrected chi connectivity index (χ4v) is 3.85. The minimum absolute atomic E-state index is 0.0251. The van der Waals surface area contributed by atoms with Crippen molar-refractivity contribution in [3.8, 4) is 0 Å². The molecule has 1 unspecified atom stereocenters. The molecular weight excluding hydrogens is 316 g/mol. The van der Waals surface area contributed by atoms with E-state index in [1.165, 1.54) is 12.0 Å². The van der Waals surface area contributed by atoms with Gasteiger partial charge in [0.25, 0.3) is 0 Å². The summed E-state index contributed by atoms with van der Waals surface area (Å²) in [5.41, 5.74) is 2.20. The molecule has 126 valence electrons. The molecule has 0 radical (unpaired) electrons. The van der Waals surface area contributed by atoms with E-state index in [1.807, 2.05) is 41.5 Å². The molecule has 2 amide bonds. The Labute approximate surface area is 148 Å². The van der Waals surface area contributed by atoms with Crippen LogP contribution in [0.25, 0.3) is 0 Å². The standard InChI is InChI=1S/C20H24N2OS/c1-24-19-13-6-5-12-18(19)21-20(23)22-14-8-7-11-17(22)15-16-9-3-2-4-10-16/h2-6,9-10,12-13,17H,7-8,11,14-15H2,1H3,(H,21,23). The van der Waals surface area contributed by atoms with Crippen LogP contribution in [0.4, 0.5) is 10.5 Å². The maximum absolute atomic E-state index is 12.8. The van der Waals surface area contributed by atoms with Crippen molar-refractivity contribution < 1.29 is 4.79 Å². The number of thioether (sulfide) groups is 1. The molecule has 1 heterocycles. The number of urea groups is 1. The van der Waals surface area contributed by atoms with E-state index in [-0.39, 0.29) is 12.1 Å². The third-order valence-corrected chi connectivity index (χ3v) is 5.35. The average Bonchev–Trinajstić information content (AvgIpc) is 2.63. The monoisotopic (exact) mass is 340 g/mol. The van der Waals surface area contributed by atoms with Crippen LogP contribution in [-0.2, 0) is 6.42 Å². The Morgan fingerprint density at radius 2 is 1.88 bits per heavy atom. The number of para-hydroxylation sites is 1. The molecule has 0 saturated carbocycles. The molecule has 2 aromatic carbocycles. The highest BCUT2D eigenvalue weighted by atomic mass is 32.2. The van der Waals surface area contributed by atoms with E-state index in [2.05, 4.69) is 29.6 Å². The maximum atomic E-state index is 12.8. The molecule has 0 aromatic heterocycles. The fourth-order valence-electron chi connectivity index (χ4n) is 3.30. The number of hydrogen-bond acceptors (Lipinski definition) is 2. The molecule has 1 fully saturated rings. The lowest BCUT2D eigenvalue weighted by molar-refractivity contribution is 0.162. The first-order chi connectivity index (χ1) is 11.8. The Hall–Kier alpha value is -1.94. The number of piperidine rings is 1. The summed E-state index contributed by atoms with van der Waals surface area (Å²) in [5.74, 6) is 0. The molecule has 1 atom stereocenters. The van der Waals surface area contributed by atoms with Crippen LogP contribution in [0.3, 0.4) is 0 Å². The van der Waals surface area contributed by atoms with Gasteiger partial charge in [-0.1, -0.05) is 42.5 Å². The summed E-state index contributed by atoms with van der Waals surface area (Å²) in [6.07, 6.45) is 6.32. The van der Waals surface area contributed by atoms with Crippen molar-refractivity contribution in [3.63, 3.8) is 0 Å². The SMILES string of the molecule is CSc1ccccc1NC(=O)N1CCCCC1Cc1ccccc1. The fraction of sp³-hybridized carbons (Fsp3) is 0.350. The Bertz CT molecular complexity index is 674. The number of benzene rings is 2. The number of nitrogens with one attached hydrogen (secondary N) is 1. The minimum atomic E-state index is 0.0251. The summed E-state index contributed by atoms with van der Waals surface area (Å²) in [6.45, 7) is 0.838. The molecule has 1 aliphatic heterocycles. The van der Waals surface area contributed by atoms with Crippen LogP contribution in [0, 0.1) is 0 Å². The van der Waals surface area contributed by atoms with Crippen molar-refractivity contribution in [2.24, 2.45) is 0 Å². The lowest BCUT2D eigenvalue weighted by Gasteiger charge is -2.36. The van der Waals surface area contributed by atoms with Crippen molar-refractivity contribution in [3.05, 3.63) is 60.2 Å². The average molecular weight is 340 g/mol. The van der Waals surface area contributed by atoms with Crippen LogP contribution in [0.2, 0.25) is 0 Å². The summed E-state index contributed by atoms with van der Waals surface area (Å²) in [7, 11) is 0. The molecule has 1 N–H and O–H groups in total. The molecule has 3 nitrogen and oxygen atoms in total. The Kier molecular flexibility index (Phi) is 5.81. The number of likely N-dealkylation sites (tertiary alicyclic amines) is 1. The van der Waals surface area contributed by atoms with Gasteiger partial charge in [0.15, 0.2) is 0 Å². The van der Waals surface area contributed by atoms with E-state index in [1.54, 1.807) is 11.8 Å². The van der Waals surface area contributed by atoms with E-state index >= 15 is 0 Å². The first kappa shape index (κ1) is 16.9. The predicted molar refractivity (Wildman–Crippen MR) is 102 cm³/mol. The van der Waals surface area contributed by atoms with Crippen LogP contribution in [0.5, 0.6) is 0 Å². The summed E-state index contributed by atoms with van der Waals surface area (Å²) < 4.78 is 0. The second-order valence-corrected chi connectivity index (χ2v) is 7.01. The summed E-state index contributed by atoms with van der Waals surface area (Å²) >= 11 is 1.65. The number of hydrogen-bond donors (Lipinski definition) is 1. The smallest absolute Gasteiger partial charge is 0.321 e. The predicted octanol–water partition coefficient (Wildman–Crippen LogP) is 5.04. The van der Waals surface area contributed by atoms with Gasteiger partial charge in [0.1, 0.15) is 0 Å². The highest BCUT2D eigenvalue weighted by molar-refractivity contribution is 7.98. The van der Waals surface area contributed by atoms with E-state index in [4.69, 9.17) is 0 Å². The van der Waals surface area contributed by atoms with Gasteiger partial charge in [-0.15, -0.1) is 11.8 Å². The number of carbonyl (C=O) groups is 1. The highest BCUT2D eigenvalue weighted by Gasteiger charge is 2.27. The van der Waals surface area contributed by atoms with Gasteiger partial charge in [0.05, 0.1) is 5.69 Å². The third-order valence-electron chi connectivity index (χ3n) is 4.55. The second-order valence-electron chi connectivity index (χ2n) is 6.16. The van der Waals surface area contributed by atoms with Crippen molar-refractivity contribution in [1.29, 1.82) is 0 Å². The van der Waals surface area contributed by atoms with Gasteiger partial charge in [0, 0.05) is 17.5 Å². The molecule has 4 heteroatoms. The molecule has 0 bridgehead atoms. The Morgan fingerprint density at radius 1 is 1.12 bits per heavy atom. The van der Waals surface area contributed by atoms with E-state index in [0.717, 1.165) is 36.4 Å². The summed E-state index contributed by atoms with van der Waals surface area (Å²) in [5, 5.41) is 3.11.